The van der Waals surface area contributed by atoms with Gasteiger partial charge >= 0.3 is 0 Å². The molecule has 1 aromatic carbocycles. The molecule has 0 spiro atoms. The standard InChI is InChI=1S/C25H28F3N7O/c1-3-34-7-6-21(20(27)12-34)30-16-9-18(24(28)29-11-16)22-13-35(33-32-22)23-10-17(19(26)8-14(23)2)25(36)31-15-4-5-15/h8-11,13,15,20-21,30H,3-7,12H2,1-2H3,(H,31,36)/t20-,21+/m1/s1. The zero-order chi connectivity index (χ0) is 25.4. The molecule has 2 N–H and O–H groups in total. The van der Waals surface area contributed by atoms with Gasteiger partial charge in [0.2, 0.25) is 5.95 Å². The Kier molecular flexibility index (Phi) is 6.65. The van der Waals surface area contributed by atoms with E-state index in [0.29, 0.717) is 29.9 Å². The van der Waals surface area contributed by atoms with E-state index in [4.69, 9.17) is 0 Å². The van der Waals surface area contributed by atoms with Crippen LogP contribution in [0.1, 0.15) is 42.1 Å². The van der Waals surface area contributed by atoms with Crippen LogP contribution in [-0.4, -0.2) is 68.7 Å². The molecule has 1 aliphatic heterocycles. The van der Waals surface area contributed by atoms with Gasteiger partial charge in [0.15, 0.2) is 0 Å². The van der Waals surface area contributed by atoms with Gasteiger partial charge in [0, 0.05) is 19.1 Å². The van der Waals surface area contributed by atoms with Crippen molar-refractivity contribution in [2.24, 2.45) is 0 Å². The highest BCUT2D eigenvalue weighted by atomic mass is 19.1. The van der Waals surface area contributed by atoms with Gasteiger partial charge in [0.05, 0.1) is 40.9 Å². The van der Waals surface area contributed by atoms with Crippen molar-refractivity contribution in [1.82, 2.24) is 30.2 Å². The Hall–Kier alpha value is -3.47. The second kappa shape index (κ2) is 9.88. The molecule has 5 rings (SSSR count). The zero-order valence-electron chi connectivity index (χ0n) is 20.1. The summed E-state index contributed by atoms with van der Waals surface area (Å²) >= 11 is 0. The number of carbonyl (C=O) groups is 1. The van der Waals surface area contributed by atoms with Crippen molar-refractivity contribution in [3.8, 4) is 16.9 Å². The lowest BCUT2D eigenvalue weighted by molar-refractivity contribution is 0.0947. The third-order valence-electron chi connectivity index (χ3n) is 6.72. The Balaban J connectivity index is 1.38. The van der Waals surface area contributed by atoms with Gasteiger partial charge in [0.1, 0.15) is 17.7 Å². The summed E-state index contributed by atoms with van der Waals surface area (Å²) in [6.07, 6.45) is 4.16. The predicted molar refractivity (Wildman–Crippen MR) is 129 cm³/mol. The SMILES string of the molecule is CCN1CC[C@H](Nc2cnc(F)c(-c3cn(-c4cc(C(=O)NC5CC5)c(F)cc4C)nn3)c2)[C@H](F)C1. The van der Waals surface area contributed by atoms with E-state index in [-0.39, 0.29) is 22.9 Å². The zero-order valence-corrected chi connectivity index (χ0v) is 20.1. The van der Waals surface area contributed by atoms with Crippen molar-refractivity contribution in [2.45, 2.75) is 51.4 Å². The Labute approximate surface area is 206 Å². The topological polar surface area (TPSA) is 88.0 Å². The second-order valence-electron chi connectivity index (χ2n) is 9.43. The van der Waals surface area contributed by atoms with Crippen molar-refractivity contribution < 1.29 is 18.0 Å². The van der Waals surface area contributed by atoms with Crippen LogP contribution >= 0.6 is 0 Å². The van der Waals surface area contributed by atoms with Gasteiger partial charge < -0.3 is 15.5 Å². The molecule has 1 aliphatic carbocycles. The number of piperidine rings is 1. The monoisotopic (exact) mass is 499 g/mol. The van der Waals surface area contributed by atoms with E-state index < -0.39 is 29.9 Å². The number of hydrogen-bond donors (Lipinski definition) is 2. The normalized spacial score (nSPS) is 20.4. The summed E-state index contributed by atoms with van der Waals surface area (Å²) in [6, 6.07) is 3.90. The van der Waals surface area contributed by atoms with Crippen LogP contribution in [0.2, 0.25) is 0 Å². The molecular weight excluding hydrogens is 471 g/mol. The predicted octanol–water partition coefficient (Wildman–Crippen LogP) is 3.65. The summed E-state index contributed by atoms with van der Waals surface area (Å²) in [5.74, 6) is -1.85. The van der Waals surface area contributed by atoms with Crippen molar-refractivity contribution >= 4 is 11.6 Å². The number of carbonyl (C=O) groups excluding carboxylic acids is 1. The van der Waals surface area contributed by atoms with Crippen LogP contribution in [0.3, 0.4) is 0 Å². The summed E-state index contributed by atoms with van der Waals surface area (Å²) in [5, 5.41) is 14.1. The molecule has 0 bridgehead atoms. The number of nitrogens with one attached hydrogen (secondary N) is 2. The molecule has 3 aromatic rings. The molecule has 0 radical (unpaired) electrons. The van der Waals surface area contributed by atoms with Crippen LogP contribution in [-0.2, 0) is 0 Å². The minimum absolute atomic E-state index is 0.0860. The molecule has 11 heteroatoms. The van der Waals surface area contributed by atoms with Gasteiger partial charge in [-0.25, -0.2) is 18.4 Å². The minimum Gasteiger partial charge on any atom is -0.378 e. The Morgan fingerprint density at radius 2 is 2.00 bits per heavy atom. The van der Waals surface area contributed by atoms with Crippen molar-refractivity contribution in [3.63, 3.8) is 0 Å². The molecular formula is C25H28F3N7O. The molecule has 36 heavy (non-hydrogen) atoms. The molecule has 1 saturated heterocycles. The maximum atomic E-state index is 14.6. The van der Waals surface area contributed by atoms with Gasteiger partial charge in [0.25, 0.3) is 5.91 Å². The first kappa shape index (κ1) is 24.2. The molecule has 1 saturated carbocycles. The summed E-state index contributed by atoms with van der Waals surface area (Å²) < 4.78 is 45.1. The number of aromatic nitrogens is 4. The minimum atomic E-state index is -1.05. The number of anilines is 1. The fourth-order valence-electron chi connectivity index (χ4n) is 4.42. The highest BCUT2D eigenvalue weighted by Gasteiger charge is 2.29. The van der Waals surface area contributed by atoms with Crippen molar-refractivity contribution in [2.75, 3.05) is 25.0 Å². The first-order valence-electron chi connectivity index (χ1n) is 12.1. The molecule has 2 aromatic heterocycles. The number of alkyl halides is 1. The molecule has 2 fully saturated rings. The highest BCUT2D eigenvalue weighted by molar-refractivity contribution is 5.95. The van der Waals surface area contributed by atoms with Crippen LogP contribution in [0.4, 0.5) is 18.9 Å². The average molecular weight is 500 g/mol. The van der Waals surface area contributed by atoms with E-state index in [1.54, 1.807) is 6.92 Å². The quantitative estimate of drug-likeness (QED) is 0.483. The number of aryl methyl sites for hydroxylation is 1. The molecule has 0 unspecified atom stereocenters. The number of hydrogen-bond acceptors (Lipinski definition) is 6. The third kappa shape index (κ3) is 5.06. The van der Waals surface area contributed by atoms with E-state index in [0.717, 1.165) is 25.9 Å². The van der Waals surface area contributed by atoms with Gasteiger partial charge in [-0.05, 0) is 56.5 Å². The van der Waals surface area contributed by atoms with Gasteiger partial charge in [-0.2, -0.15) is 4.39 Å². The number of benzene rings is 1. The Morgan fingerprint density at radius 1 is 1.19 bits per heavy atom. The lowest BCUT2D eigenvalue weighted by Crippen LogP contribution is -2.47. The number of likely N-dealkylation sites (tertiary alicyclic amines) is 1. The maximum Gasteiger partial charge on any atom is 0.254 e. The number of pyridine rings is 1. The van der Waals surface area contributed by atoms with Crippen LogP contribution in [0.5, 0.6) is 0 Å². The van der Waals surface area contributed by atoms with Gasteiger partial charge in [-0.3, -0.25) is 4.79 Å². The lowest BCUT2D eigenvalue weighted by atomic mass is 10.0. The molecule has 1 amide bonds. The van der Waals surface area contributed by atoms with E-state index in [9.17, 15) is 18.0 Å². The van der Waals surface area contributed by atoms with E-state index in [1.165, 1.54) is 35.3 Å². The lowest BCUT2D eigenvalue weighted by Gasteiger charge is -2.34. The first-order valence-corrected chi connectivity index (χ1v) is 12.1. The Morgan fingerprint density at radius 3 is 2.72 bits per heavy atom. The summed E-state index contributed by atoms with van der Waals surface area (Å²) in [5.41, 5.74) is 1.67. The summed E-state index contributed by atoms with van der Waals surface area (Å²) in [7, 11) is 0. The Bertz CT molecular complexity index is 1280. The molecule has 8 nitrogen and oxygen atoms in total. The van der Waals surface area contributed by atoms with Crippen LogP contribution in [0, 0.1) is 18.7 Å². The van der Waals surface area contributed by atoms with Gasteiger partial charge in [-0.1, -0.05) is 12.1 Å². The second-order valence-corrected chi connectivity index (χ2v) is 9.43. The average Bonchev–Trinajstić information content (AvgIpc) is 3.53. The van der Waals surface area contributed by atoms with Gasteiger partial charge in [-0.15, -0.1) is 5.10 Å². The van der Waals surface area contributed by atoms with Crippen molar-refractivity contribution in [3.05, 3.63) is 53.5 Å². The van der Waals surface area contributed by atoms with E-state index >= 15 is 0 Å². The fourth-order valence-corrected chi connectivity index (χ4v) is 4.42. The first-order chi connectivity index (χ1) is 17.3. The summed E-state index contributed by atoms with van der Waals surface area (Å²) in [6.45, 7) is 5.61. The number of amides is 1. The molecule has 2 atom stereocenters. The van der Waals surface area contributed by atoms with Crippen molar-refractivity contribution in [1.29, 1.82) is 0 Å². The number of rotatable bonds is 7. The van der Waals surface area contributed by atoms with E-state index in [1.807, 2.05) is 11.8 Å². The highest BCUT2D eigenvalue weighted by Crippen LogP contribution is 2.27. The van der Waals surface area contributed by atoms with E-state index in [2.05, 4.69) is 25.9 Å². The largest absolute Gasteiger partial charge is 0.378 e. The fraction of sp³-hybridized carbons (Fsp3) is 0.440. The number of halogens is 3. The van der Waals surface area contributed by atoms with Crippen LogP contribution in [0.25, 0.3) is 16.9 Å². The molecule has 190 valence electrons. The van der Waals surface area contributed by atoms with Crippen LogP contribution < -0.4 is 10.6 Å². The number of nitrogens with zero attached hydrogens (tertiary/aromatic N) is 5. The molecule has 2 aliphatic rings. The maximum absolute atomic E-state index is 14.6. The molecule has 3 heterocycles. The smallest absolute Gasteiger partial charge is 0.254 e. The third-order valence-corrected chi connectivity index (χ3v) is 6.72. The summed E-state index contributed by atoms with van der Waals surface area (Å²) in [4.78, 5) is 18.3. The van der Waals surface area contributed by atoms with Crippen LogP contribution in [0.15, 0.2) is 30.6 Å².